The van der Waals surface area contributed by atoms with Gasteiger partial charge in [0.15, 0.2) is 6.61 Å². The standard InChI is InChI=1S/C19H18Cl2N2O4/c1-2-22-19(26)13-4-3-5-15(8-13)23-17(24)11-27-18(25)9-12-6-7-14(20)10-16(12)21/h3-8,10H,2,9,11H2,1H3,(H,22,26)(H,23,24). The normalized spacial score (nSPS) is 10.2. The molecule has 0 fully saturated rings. The zero-order valence-electron chi connectivity index (χ0n) is 14.6. The Bertz CT molecular complexity index is 855. The van der Waals surface area contributed by atoms with Gasteiger partial charge in [-0.15, -0.1) is 0 Å². The largest absolute Gasteiger partial charge is 0.455 e. The van der Waals surface area contributed by atoms with E-state index < -0.39 is 18.5 Å². The molecule has 0 radical (unpaired) electrons. The Hall–Kier alpha value is -2.57. The predicted molar refractivity (Wildman–Crippen MR) is 104 cm³/mol. The molecule has 27 heavy (non-hydrogen) atoms. The molecule has 6 nitrogen and oxygen atoms in total. The minimum Gasteiger partial charge on any atom is -0.455 e. The van der Waals surface area contributed by atoms with Gasteiger partial charge in [0.25, 0.3) is 11.8 Å². The first-order chi connectivity index (χ1) is 12.9. The maximum Gasteiger partial charge on any atom is 0.310 e. The molecule has 0 aliphatic rings. The number of carbonyl (C=O) groups excluding carboxylic acids is 3. The Morgan fingerprint density at radius 3 is 2.56 bits per heavy atom. The molecule has 142 valence electrons. The van der Waals surface area contributed by atoms with Crippen molar-refractivity contribution in [2.75, 3.05) is 18.5 Å². The predicted octanol–water partition coefficient (Wildman–Crippen LogP) is 3.47. The van der Waals surface area contributed by atoms with Crippen LogP contribution in [0.1, 0.15) is 22.8 Å². The highest BCUT2D eigenvalue weighted by atomic mass is 35.5. The summed E-state index contributed by atoms with van der Waals surface area (Å²) in [7, 11) is 0. The highest BCUT2D eigenvalue weighted by Crippen LogP contribution is 2.21. The first-order valence-electron chi connectivity index (χ1n) is 8.16. The SMILES string of the molecule is CCNC(=O)c1cccc(NC(=O)COC(=O)Cc2ccc(Cl)cc2Cl)c1. The summed E-state index contributed by atoms with van der Waals surface area (Å²) in [6.07, 6.45) is -0.0735. The lowest BCUT2D eigenvalue weighted by molar-refractivity contribution is -0.146. The molecule has 0 unspecified atom stereocenters. The summed E-state index contributed by atoms with van der Waals surface area (Å²) in [6, 6.07) is 11.2. The number of anilines is 1. The van der Waals surface area contributed by atoms with E-state index in [0.717, 1.165) is 0 Å². The quantitative estimate of drug-likeness (QED) is 0.686. The molecule has 2 aromatic rings. The Morgan fingerprint density at radius 2 is 1.85 bits per heavy atom. The minimum absolute atomic E-state index is 0.0735. The molecule has 0 aromatic heterocycles. The molecular formula is C19H18Cl2N2O4. The number of carbonyl (C=O) groups is 3. The number of nitrogens with one attached hydrogen (secondary N) is 2. The lowest BCUT2D eigenvalue weighted by Crippen LogP contribution is -2.24. The lowest BCUT2D eigenvalue weighted by Gasteiger charge is -2.09. The van der Waals surface area contributed by atoms with Gasteiger partial charge in [0.2, 0.25) is 0 Å². The van der Waals surface area contributed by atoms with Crippen LogP contribution < -0.4 is 10.6 Å². The second-order valence-electron chi connectivity index (χ2n) is 5.56. The zero-order valence-corrected chi connectivity index (χ0v) is 16.1. The lowest BCUT2D eigenvalue weighted by atomic mass is 10.1. The van der Waals surface area contributed by atoms with Gasteiger partial charge in [0.1, 0.15) is 0 Å². The van der Waals surface area contributed by atoms with E-state index in [0.29, 0.717) is 33.4 Å². The monoisotopic (exact) mass is 408 g/mol. The molecule has 2 amide bonds. The molecule has 0 spiro atoms. The molecular weight excluding hydrogens is 391 g/mol. The third kappa shape index (κ3) is 6.58. The number of ether oxygens (including phenoxy) is 1. The summed E-state index contributed by atoms with van der Waals surface area (Å²) in [5, 5.41) is 6.07. The van der Waals surface area contributed by atoms with E-state index in [2.05, 4.69) is 10.6 Å². The molecule has 0 atom stereocenters. The third-order valence-electron chi connectivity index (χ3n) is 3.46. The second-order valence-corrected chi connectivity index (χ2v) is 6.41. The van der Waals surface area contributed by atoms with E-state index in [9.17, 15) is 14.4 Å². The van der Waals surface area contributed by atoms with Gasteiger partial charge in [-0.1, -0.05) is 35.3 Å². The van der Waals surface area contributed by atoms with E-state index in [1.165, 1.54) is 12.1 Å². The van der Waals surface area contributed by atoms with Crippen molar-refractivity contribution in [3.63, 3.8) is 0 Å². The molecule has 0 heterocycles. The van der Waals surface area contributed by atoms with Crippen molar-refractivity contribution in [1.82, 2.24) is 5.32 Å². The van der Waals surface area contributed by atoms with Crippen LogP contribution in [0.15, 0.2) is 42.5 Å². The Kier molecular flexibility index (Phi) is 7.64. The van der Waals surface area contributed by atoms with Gasteiger partial charge in [-0.3, -0.25) is 14.4 Å². The number of esters is 1. The van der Waals surface area contributed by atoms with Crippen molar-refractivity contribution >= 4 is 46.7 Å². The maximum atomic E-state index is 12.0. The van der Waals surface area contributed by atoms with Gasteiger partial charge in [-0.05, 0) is 42.8 Å². The van der Waals surface area contributed by atoms with E-state index in [1.807, 2.05) is 6.92 Å². The van der Waals surface area contributed by atoms with Gasteiger partial charge in [-0.25, -0.2) is 0 Å². The van der Waals surface area contributed by atoms with Crippen molar-refractivity contribution in [1.29, 1.82) is 0 Å². The first kappa shape index (κ1) is 20.7. The van der Waals surface area contributed by atoms with E-state index in [-0.39, 0.29) is 12.3 Å². The maximum absolute atomic E-state index is 12.0. The van der Waals surface area contributed by atoms with Crippen molar-refractivity contribution < 1.29 is 19.1 Å². The molecule has 8 heteroatoms. The van der Waals surface area contributed by atoms with Crippen LogP contribution in [0, 0.1) is 0 Å². The average Bonchev–Trinajstić information content (AvgIpc) is 2.63. The number of benzene rings is 2. The Morgan fingerprint density at radius 1 is 1.07 bits per heavy atom. The number of amides is 2. The van der Waals surface area contributed by atoms with Gasteiger partial charge < -0.3 is 15.4 Å². The minimum atomic E-state index is -0.592. The van der Waals surface area contributed by atoms with Crippen LogP contribution in [0.2, 0.25) is 10.0 Å². The molecule has 2 N–H and O–H groups in total. The van der Waals surface area contributed by atoms with Crippen LogP contribution in [0.4, 0.5) is 5.69 Å². The smallest absolute Gasteiger partial charge is 0.310 e. The van der Waals surface area contributed by atoms with Crippen molar-refractivity contribution in [3.05, 3.63) is 63.6 Å². The molecule has 0 saturated carbocycles. The van der Waals surface area contributed by atoms with E-state index >= 15 is 0 Å². The highest BCUT2D eigenvalue weighted by molar-refractivity contribution is 6.35. The summed E-state index contributed by atoms with van der Waals surface area (Å²) < 4.78 is 4.96. The van der Waals surface area contributed by atoms with E-state index in [4.69, 9.17) is 27.9 Å². The summed E-state index contributed by atoms with van der Waals surface area (Å²) in [4.78, 5) is 35.6. The number of rotatable bonds is 7. The van der Waals surface area contributed by atoms with Gasteiger partial charge in [-0.2, -0.15) is 0 Å². The molecule has 0 saturated heterocycles. The van der Waals surface area contributed by atoms with Crippen molar-refractivity contribution in [2.24, 2.45) is 0 Å². The molecule has 0 bridgehead atoms. The topological polar surface area (TPSA) is 84.5 Å². The fourth-order valence-electron chi connectivity index (χ4n) is 2.22. The fraction of sp³-hybridized carbons (Fsp3) is 0.211. The van der Waals surface area contributed by atoms with Crippen LogP contribution in [-0.2, 0) is 20.7 Å². The van der Waals surface area contributed by atoms with Gasteiger partial charge >= 0.3 is 5.97 Å². The van der Waals surface area contributed by atoms with Crippen LogP contribution in [0.25, 0.3) is 0 Å². The fourth-order valence-corrected chi connectivity index (χ4v) is 2.69. The van der Waals surface area contributed by atoms with Crippen molar-refractivity contribution in [2.45, 2.75) is 13.3 Å². The first-order valence-corrected chi connectivity index (χ1v) is 8.92. The van der Waals surface area contributed by atoms with Crippen LogP contribution >= 0.6 is 23.2 Å². The van der Waals surface area contributed by atoms with Gasteiger partial charge in [0.05, 0.1) is 6.42 Å². The molecule has 2 rings (SSSR count). The highest BCUT2D eigenvalue weighted by Gasteiger charge is 2.12. The summed E-state index contributed by atoms with van der Waals surface area (Å²) in [5.41, 5.74) is 1.41. The van der Waals surface area contributed by atoms with Crippen LogP contribution in [0.5, 0.6) is 0 Å². The van der Waals surface area contributed by atoms with Crippen LogP contribution in [-0.4, -0.2) is 30.9 Å². The summed E-state index contributed by atoms with van der Waals surface area (Å²) in [6.45, 7) is 1.87. The van der Waals surface area contributed by atoms with Crippen LogP contribution in [0.3, 0.4) is 0 Å². The average molecular weight is 409 g/mol. The molecule has 2 aromatic carbocycles. The Labute approximate surface area is 166 Å². The second kappa shape index (κ2) is 9.94. The molecule has 0 aliphatic heterocycles. The molecule has 0 aliphatic carbocycles. The summed E-state index contributed by atoms with van der Waals surface area (Å²) >= 11 is 11.8. The third-order valence-corrected chi connectivity index (χ3v) is 4.05. The van der Waals surface area contributed by atoms with Gasteiger partial charge in [0, 0.05) is 27.8 Å². The number of halogens is 2. The number of hydrogen-bond acceptors (Lipinski definition) is 4. The number of hydrogen-bond donors (Lipinski definition) is 2. The van der Waals surface area contributed by atoms with Crippen molar-refractivity contribution in [3.8, 4) is 0 Å². The Balaban J connectivity index is 1.86. The summed E-state index contributed by atoms with van der Waals surface area (Å²) in [5.74, 6) is -1.34. The van der Waals surface area contributed by atoms with E-state index in [1.54, 1.807) is 30.3 Å². The zero-order chi connectivity index (χ0) is 19.8.